The van der Waals surface area contributed by atoms with E-state index in [4.69, 9.17) is 5.73 Å². The molecule has 1 aliphatic rings. The van der Waals surface area contributed by atoms with E-state index in [1.807, 2.05) is 11.8 Å². The Morgan fingerprint density at radius 3 is 2.71 bits per heavy atom. The first-order valence-electron chi connectivity index (χ1n) is 4.38. The summed E-state index contributed by atoms with van der Waals surface area (Å²) in [5.74, 6) is 3.52. The van der Waals surface area contributed by atoms with E-state index in [9.17, 15) is 0 Å². The van der Waals surface area contributed by atoms with Crippen LogP contribution in [-0.4, -0.2) is 34.6 Å². The molecule has 0 amide bonds. The second kappa shape index (κ2) is 4.35. The summed E-state index contributed by atoms with van der Waals surface area (Å²) in [5, 5.41) is 0. The molecule has 14 heavy (non-hydrogen) atoms. The normalized spacial score (nSPS) is 17.1. The van der Waals surface area contributed by atoms with Crippen LogP contribution in [0.4, 0.5) is 11.8 Å². The molecule has 2 heterocycles. The molecule has 4 nitrogen and oxygen atoms in total. The molecule has 6 heteroatoms. The number of anilines is 2. The van der Waals surface area contributed by atoms with Crippen LogP contribution in [-0.2, 0) is 0 Å². The molecule has 2 N–H and O–H groups in total. The molecular weight excluding hydrogens is 264 g/mol. The van der Waals surface area contributed by atoms with E-state index < -0.39 is 0 Å². The van der Waals surface area contributed by atoms with Gasteiger partial charge in [0.1, 0.15) is 10.4 Å². The van der Waals surface area contributed by atoms with Crippen molar-refractivity contribution >= 4 is 39.5 Å². The van der Waals surface area contributed by atoms with Gasteiger partial charge in [0.05, 0.1) is 0 Å². The van der Waals surface area contributed by atoms with Crippen LogP contribution in [0.5, 0.6) is 0 Å². The Morgan fingerprint density at radius 1 is 1.36 bits per heavy atom. The molecule has 1 aromatic heterocycles. The lowest BCUT2D eigenvalue weighted by Crippen LogP contribution is -2.33. The third kappa shape index (κ3) is 2.30. The van der Waals surface area contributed by atoms with Gasteiger partial charge in [-0.25, -0.2) is 4.98 Å². The lowest BCUT2D eigenvalue weighted by Gasteiger charge is -2.26. The third-order valence-corrected chi connectivity index (χ3v) is 3.35. The van der Waals surface area contributed by atoms with Crippen molar-refractivity contribution in [3.8, 4) is 0 Å². The van der Waals surface area contributed by atoms with Gasteiger partial charge in [-0.2, -0.15) is 16.7 Å². The second-order valence-corrected chi connectivity index (χ2v) is 5.05. The van der Waals surface area contributed by atoms with Crippen LogP contribution < -0.4 is 10.6 Å². The highest BCUT2D eigenvalue weighted by Crippen LogP contribution is 2.19. The van der Waals surface area contributed by atoms with E-state index in [-0.39, 0.29) is 0 Å². The summed E-state index contributed by atoms with van der Waals surface area (Å²) in [4.78, 5) is 10.7. The molecule has 0 spiro atoms. The molecule has 0 bridgehead atoms. The first kappa shape index (κ1) is 10.0. The van der Waals surface area contributed by atoms with Gasteiger partial charge in [-0.05, 0) is 15.9 Å². The predicted molar refractivity (Wildman–Crippen MR) is 63.7 cm³/mol. The van der Waals surface area contributed by atoms with E-state index >= 15 is 0 Å². The van der Waals surface area contributed by atoms with Crippen molar-refractivity contribution in [2.75, 3.05) is 35.2 Å². The summed E-state index contributed by atoms with van der Waals surface area (Å²) < 4.78 is 0.748. The third-order valence-electron chi connectivity index (χ3n) is 2.00. The standard InChI is InChI=1S/C8H11BrN4S/c9-6-5-7(10)12-8(11-6)13-1-3-14-4-2-13/h5H,1-4H2,(H2,10,11,12). The van der Waals surface area contributed by atoms with E-state index in [1.165, 1.54) is 0 Å². The van der Waals surface area contributed by atoms with Crippen LogP contribution in [0, 0.1) is 0 Å². The Kier molecular flexibility index (Phi) is 3.12. The molecule has 0 atom stereocenters. The zero-order chi connectivity index (χ0) is 9.97. The number of thioether (sulfide) groups is 1. The fourth-order valence-electron chi connectivity index (χ4n) is 1.33. The Bertz CT molecular complexity index is 307. The maximum atomic E-state index is 5.65. The summed E-state index contributed by atoms with van der Waals surface area (Å²) in [5.41, 5.74) is 5.65. The number of nitrogens with zero attached hydrogens (tertiary/aromatic N) is 3. The average Bonchev–Trinajstić information content (AvgIpc) is 2.18. The van der Waals surface area contributed by atoms with Crippen molar-refractivity contribution in [2.45, 2.75) is 0 Å². The number of halogens is 1. The van der Waals surface area contributed by atoms with Gasteiger partial charge in [0.2, 0.25) is 5.95 Å². The van der Waals surface area contributed by atoms with E-state index in [0.717, 1.165) is 35.1 Å². The lowest BCUT2D eigenvalue weighted by atomic mass is 10.5. The zero-order valence-corrected chi connectivity index (χ0v) is 10.0. The van der Waals surface area contributed by atoms with Gasteiger partial charge in [0.25, 0.3) is 0 Å². The SMILES string of the molecule is Nc1cc(Br)nc(N2CCSCC2)n1. The van der Waals surface area contributed by atoms with E-state index in [1.54, 1.807) is 6.07 Å². The van der Waals surface area contributed by atoms with Crippen molar-refractivity contribution in [3.05, 3.63) is 10.7 Å². The highest BCUT2D eigenvalue weighted by Gasteiger charge is 2.14. The number of aromatic nitrogens is 2. The molecular formula is C8H11BrN4S. The minimum Gasteiger partial charge on any atom is -0.383 e. The largest absolute Gasteiger partial charge is 0.383 e. The average molecular weight is 275 g/mol. The van der Waals surface area contributed by atoms with Crippen LogP contribution in [0.25, 0.3) is 0 Å². The molecule has 0 aromatic carbocycles. The Balaban J connectivity index is 2.21. The maximum Gasteiger partial charge on any atom is 0.228 e. The number of rotatable bonds is 1. The summed E-state index contributed by atoms with van der Waals surface area (Å²) in [7, 11) is 0. The minimum absolute atomic E-state index is 0.514. The summed E-state index contributed by atoms with van der Waals surface area (Å²) in [6.45, 7) is 2.00. The number of nitrogen functional groups attached to an aromatic ring is 1. The minimum atomic E-state index is 0.514. The van der Waals surface area contributed by atoms with Gasteiger partial charge in [0.15, 0.2) is 0 Å². The van der Waals surface area contributed by atoms with Gasteiger partial charge in [-0.15, -0.1) is 0 Å². The molecule has 0 aliphatic carbocycles. The van der Waals surface area contributed by atoms with Gasteiger partial charge in [0, 0.05) is 30.7 Å². The van der Waals surface area contributed by atoms with E-state index in [0.29, 0.717) is 5.82 Å². The van der Waals surface area contributed by atoms with Crippen molar-refractivity contribution in [3.63, 3.8) is 0 Å². The van der Waals surface area contributed by atoms with Crippen LogP contribution >= 0.6 is 27.7 Å². The number of hydrogen-bond donors (Lipinski definition) is 1. The van der Waals surface area contributed by atoms with Crippen molar-refractivity contribution < 1.29 is 0 Å². The molecule has 0 unspecified atom stereocenters. The van der Waals surface area contributed by atoms with Crippen molar-refractivity contribution in [2.24, 2.45) is 0 Å². The Labute approximate surface area is 95.4 Å². The fourth-order valence-corrected chi connectivity index (χ4v) is 2.62. The molecule has 2 rings (SSSR count). The van der Waals surface area contributed by atoms with Crippen LogP contribution in [0.2, 0.25) is 0 Å². The quantitative estimate of drug-likeness (QED) is 0.785. The molecule has 1 aliphatic heterocycles. The summed E-state index contributed by atoms with van der Waals surface area (Å²) >= 11 is 5.28. The predicted octanol–water partition coefficient (Wildman–Crippen LogP) is 1.37. The maximum absolute atomic E-state index is 5.65. The molecule has 0 saturated carbocycles. The van der Waals surface area contributed by atoms with Gasteiger partial charge in [-0.3, -0.25) is 0 Å². The van der Waals surface area contributed by atoms with Crippen LogP contribution in [0.3, 0.4) is 0 Å². The van der Waals surface area contributed by atoms with Gasteiger partial charge >= 0.3 is 0 Å². The van der Waals surface area contributed by atoms with Crippen LogP contribution in [0.15, 0.2) is 10.7 Å². The molecule has 1 fully saturated rings. The second-order valence-electron chi connectivity index (χ2n) is 3.01. The molecule has 0 radical (unpaired) electrons. The smallest absolute Gasteiger partial charge is 0.228 e. The van der Waals surface area contributed by atoms with E-state index in [2.05, 4.69) is 30.8 Å². The van der Waals surface area contributed by atoms with Gasteiger partial charge in [-0.1, -0.05) is 0 Å². The lowest BCUT2D eigenvalue weighted by molar-refractivity contribution is 0.814. The van der Waals surface area contributed by atoms with Crippen molar-refractivity contribution in [1.82, 2.24) is 9.97 Å². The molecule has 1 aromatic rings. The number of nitrogens with two attached hydrogens (primary N) is 1. The highest BCUT2D eigenvalue weighted by molar-refractivity contribution is 9.10. The molecule has 76 valence electrons. The topological polar surface area (TPSA) is 55.0 Å². The summed E-state index contributed by atoms with van der Waals surface area (Å²) in [6.07, 6.45) is 0. The Hall–Kier alpha value is -0.490. The zero-order valence-electron chi connectivity index (χ0n) is 7.61. The first-order valence-corrected chi connectivity index (χ1v) is 6.33. The fraction of sp³-hybridized carbons (Fsp3) is 0.500. The van der Waals surface area contributed by atoms with Crippen molar-refractivity contribution in [1.29, 1.82) is 0 Å². The monoisotopic (exact) mass is 274 g/mol. The molecule has 1 saturated heterocycles. The Morgan fingerprint density at radius 2 is 2.07 bits per heavy atom. The van der Waals surface area contributed by atoms with Gasteiger partial charge < -0.3 is 10.6 Å². The van der Waals surface area contributed by atoms with Crippen LogP contribution in [0.1, 0.15) is 0 Å². The number of hydrogen-bond acceptors (Lipinski definition) is 5. The summed E-state index contributed by atoms with van der Waals surface area (Å²) in [6, 6.07) is 1.71. The highest BCUT2D eigenvalue weighted by atomic mass is 79.9. The first-order chi connectivity index (χ1) is 6.75.